The zero-order valence-electron chi connectivity index (χ0n) is 11.9. The Hall–Kier alpha value is -2.31. The van der Waals surface area contributed by atoms with E-state index in [0.717, 1.165) is 18.7 Å². The van der Waals surface area contributed by atoms with E-state index in [9.17, 15) is 4.79 Å². The van der Waals surface area contributed by atoms with Gasteiger partial charge in [-0.2, -0.15) is 0 Å². The molecule has 0 unspecified atom stereocenters. The molecule has 1 fully saturated rings. The molecule has 0 bridgehead atoms. The van der Waals surface area contributed by atoms with E-state index in [2.05, 4.69) is 30.0 Å². The van der Waals surface area contributed by atoms with Crippen LogP contribution in [-0.2, 0) is 0 Å². The van der Waals surface area contributed by atoms with Gasteiger partial charge in [0.05, 0.1) is 12.2 Å². The van der Waals surface area contributed by atoms with E-state index in [0.29, 0.717) is 11.7 Å². The first kappa shape index (κ1) is 13.7. The van der Waals surface area contributed by atoms with Crippen LogP contribution in [0.15, 0.2) is 24.9 Å². The van der Waals surface area contributed by atoms with Gasteiger partial charge in [-0.05, 0) is 19.8 Å². The van der Waals surface area contributed by atoms with Crippen molar-refractivity contribution in [1.82, 2.24) is 30.0 Å². The minimum absolute atomic E-state index is 0.220. The molecule has 2 heterocycles. The highest BCUT2D eigenvalue weighted by Crippen LogP contribution is 2.31. The van der Waals surface area contributed by atoms with Crippen molar-refractivity contribution in [2.24, 2.45) is 0 Å². The Morgan fingerprint density at radius 3 is 2.90 bits per heavy atom. The van der Waals surface area contributed by atoms with E-state index in [-0.39, 0.29) is 11.9 Å². The number of amides is 1. The van der Waals surface area contributed by atoms with Gasteiger partial charge in [0.25, 0.3) is 5.91 Å². The predicted molar refractivity (Wildman–Crippen MR) is 75.4 cm³/mol. The average molecular weight is 286 g/mol. The van der Waals surface area contributed by atoms with E-state index in [4.69, 9.17) is 0 Å². The summed E-state index contributed by atoms with van der Waals surface area (Å²) in [6, 6.07) is 0.230. The highest BCUT2D eigenvalue weighted by molar-refractivity contribution is 5.92. The molecular formula is C14H18N6O. The molecule has 1 saturated carbocycles. The van der Waals surface area contributed by atoms with E-state index < -0.39 is 0 Å². The van der Waals surface area contributed by atoms with Crippen LogP contribution in [-0.4, -0.2) is 30.6 Å². The minimum Gasteiger partial charge on any atom is -0.341 e. The molecule has 0 saturated heterocycles. The fraction of sp³-hybridized carbons (Fsp3) is 0.500. The van der Waals surface area contributed by atoms with Gasteiger partial charge in [0.2, 0.25) is 0 Å². The molecule has 110 valence electrons. The molecule has 2 aromatic heterocycles. The molecule has 1 aliphatic carbocycles. The molecule has 1 atom stereocenters. The van der Waals surface area contributed by atoms with Crippen LogP contribution in [0.3, 0.4) is 0 Å². The van der Waals surface area contributed by atoms with E-state index in [1.165, 1.54) is 31.4 Å². The number of carbonyl (C=O) groups is 1. The van der Waals surface area contributed by atoms with Crippen LogP contribution in [0.5, 0.6) is 0 Å². The van der Waals surface area contributed by atoms with Crippen LogP contribution in [0.25, 0.3) is 0 Å². The lowest BCUT2D eigenvalue weighted by Gasteiger charge is -2.18. The monoisotopic (exact) mass is 286 g/mol. The Morgan fingerprint density at radius 2 is 2.19 bits per heavy atom. The van der Waals surface area contributed by atoms with Crippen molar-refractivity contribution in [2.45, 2.75) is 44.7 Å². The fourth-order valence-electron chi connectivity index (χ4n) is 2.78. The molecule has 0 aromatic carbocycles. The molecule has 21 heavy (non-hydrogen) atoms. The Bertz CT molecular complexity index is 605. The van der Waals surface area contributed by atoms with Gasteiger partial charge in [-0.3, -0.25) is 9.78 Å². The molecule has 7 nitrogen and oxygen atoms in total. The Balaban J connectivity index is 1.72. The maximum atomic E-state index is 12.1. The van der Waals surface area contributed by atoms with E-state index in [1.807, 2.05) is 6.92 Å². The number of carbonyl (C=O) groups excluding carboxylic acids is 1. The zero-order valence-corrected chi connectivity index (χ0v) is 11.9. The summed E-state index contributed by atoms with van der Waals surface area (Å²) in [5.74, 6) is 0.538. The summed E-state index contributed by atoms with van der Waals surface area (Å²) in [6.45, 7) is 1.91. The van der Waals surface area contributed by atoms with Crippen molar-refractivity contribution in [3.63, 3.8) is 0 Å². The Labute approximate surface area is 122 Å². The third-order valence-corrected chi connectivity index (χ3v) is 3.85. The standard InChI is InChI=1S/C14H18N6O/c1-10(18-14(21)12-8-15-6-7-16-12)13-19-17-9-20(13)11-4-2-3-5-11/h6-11H,2-5H2,1H3,(H,18,21)/t10-/m1/s1. The van der Waals surface area contributed by atoms with Gasteiger partial charge in [-0.1, -0.05) is 12.8 Å². The first-order valence-corrected chi connectivity index (χ1v) is 7.22. The molecule has 0 aliphatic heterocycles. The summed E-state index contributed by atoms with van der Waals surface area (Å²) in [5.41, 5.74) is 0.302. The molecule has 7 heteroatoms. The maximum Gasteiger partial charge on any atom is 0.272 e. The highest BCUT2D eigenvalue weighted by atomic mass is 16.1. The number of hydrogen-bond acceptors (Lipinski definition) is 5. The number of aromatic nitrogens is 5. The van der Waals surface area contributed by atoms with Gasteiger partial charge in [-0.25, -0.2) is 4.98 Å². The molecule has 1 N–H and O–H groups in total. The second-order valence-electron chi connectivity index (χ2n) is 5.32. The summed E-state index contributed by atoms with van der Waals surface area (Å²) in [7, 11) is 0. The van der Waals surface area contributed by atoms with Crippen molar-refractivity contribution >= 4 is 5.91 Å². The van der Waals surface area contributed by atoms with Gasteiger partial charge < -0.3 is 9.88 Å². The normalized spacial score (nSPS) is 16.8. The lowest BCUT2D eigenvalue weighted by molar-refractivity contribution is 0.0931. The van der Waals surface area contributed by atoms with Crippen molar-refractivity contribution < 1.29 is 4.79 Å². The number of nitrogens with zero attached hydrogens (tertiary/aromatic N) is 5. The molecule has 0 radical (unpaired) electrons. The number of nitrogens with one attached hydrogen (secondary N) is 1. The van der Waals surface area contributed by atoms with Gasteiger partial charge in [0, 0.05) is 18.4 Å². The molecule has 0 spiro atoms. The summed E-state index contributed by atoms with van der Waals surface area (Å²) in [6.07, 6.45) is 11.0. The second-order valence-corrected chi connectivity index (χ2v) is 5.32. The molecular weight excluding hydrogens is 268 g/mol. The number of hydrogen-bond donors (Lipinski definition) is 1. The van der Waals surface area contributed by atoms with Gasteiger partial charge in [-0.15, -0.1) is 10.2 Å². The lowest BCUT2D eigenvalue weighted by Crippen LogP contribution is -2.29. The average Bonchev–Trinajstić information content (AvgIpc) is 3.18. The van der Waals surface area contributed by atoms with Gasteiger partial charge >= 0.3 is 0 Å². The summed E-state index contributed by atoms with van der Waals surface area (Å²) in [5, 5.41) is 11.1. The number of rotatable bonds is 4. The predicted octanol–water partition coefficient (Wildman–Crippen LogP) is 1.67. The van der Waals surface area contributed by atoms with Crippen LogP contribution in [0, 0.1) is 0 Å². The maximum absolute atomic E-state index is 12.1. The third kappa shape index (κ3) is 2.91. The van der Waals surface area contributed by atoms with Gasteiger partial charge in [0.15, 0.2) is 5.82 Å². The smallest absolute Gasteiger partial charge is 0.272 e. The van der Waals surface area contributed by atoms with Crippen molar-refractivity contribution in [2.75, 3.05) is 0 Å². The van der Waals surface area contributed by atoms with Crippen molar-refractivity contribution in [3.8, 4) is 0 Å². The summed E-state index contributed by atoms with van der Waals surface area (Å²) >= 11 is 0. The van der Waals surface area contributed by atoms with Crippen LogP contribution in [0.4, 0.5) is 0 Å². The molecule has 2 aromatic rings. The minimum atomic E-state index is -0.253. The quantitative estimate of drug-likeness (QED) is 0.924. The SMILES string of the molecule is C[C@@H](NC(=O)c1cnccn1)c1nncn1C1CCCC1. The third-order valence-electron chi connectivity index (χ3n) is 3.85. The Kier molecular flexibility index (Phi) is 3.89. The first-order chi connectivity index (χ1) is 10.3. The summed E-state index contributed by atoms with van der Waals surface area (Å²) < 4.78 is 2.09. The summed E-state index contributed by atoms with van der Waals surface area (Å²) in [4.78, 5) is 20.0. The fourth-order valence-corrected chi connectivity index (χ4v) is 2.78. The van der Waals surface area contributed by atoms with Crippen LogP contribution in [0.2, 0.25) is 0 Å². The van der Waals surface area contributed by atoms with Crippen molar-refractivity contribution in [1.29, 1.82) is 0 Å². The molecule has 3 rings (SSSR count). The topological polar surface area (TPSA) is 85.6 Å². The van der Waals surface area contributed by atoms with Crippen LogP contribution >= 0.6 is 0 Å². The van der Waals surface area contributed by atoms with E-state index >= 15 is 0 Å². The van der Waals surface area contributed by atoms with Crippen LogP contribution in [0.1, 0.15) is 61.0 Å². The largest absolute Gasteiger partial charge is 0.341 e. The first-order valence-electron chi connectivity index (χ1n) is 7.22. The second kappa shape index (κ2) is 5.99. The van der Waals surface area contributed by atoms with Gasteiger partial charge in [0.1, 0.15) is 12.0 Å². The molecule has 1 aliphatic rings. The van der Waals surface area contributed by atoms with E-state index in [1.54, 1.807) is 6.33 Å². The zero-order chi connectivity index (χ0) is 14.7. The lowest BCUT2D eigenvalue weighted by atomic mass is 10.2. The van der Waals surface area contributed by atoms with Crippen molar-refractivity contribution in [3.05, 3.63) is 36.4 Å². The van der Waals surface area contributed by atoms with Crippen LogP contribution < -0.4 is 5.32 Å². The molecule has 1 amide bonds. The Morgan fingerprint density at radius 1 is 1.38 bits per heavy atom. The highest BCUT2D eigenvalue weighted by Gasteiger charge is 2.23.